The monoisotopic (exact) mass is 304 g/mol. The van der Waals surface area contributed by atoms with Gasteiger partial charge in [-0.25, -0.2) is 0 Å². The van der Waals surface area contributed by atoms with Crippen LogP contribution in [0.5, 0.6) is 0 Å². The smallest absolute Gasteiger partial charge is 0.173 e. The summed E-state index contributed by atoms with van der Waals surface area (Å²) in [5.74, 6) is 0. The molecule has 0 aliphatic carbocycles. The van der Waals surface area contributed by atoms with Crippen LogP contribution in [0.4, 0.5) is 0 Å². The molecule has 0 fully saturated rings. The molecule has 0 amide bonds. The number of hydrogen-bond acceptors (Lipinski definition) is 3. The molecule has 0 aromatic heterocycles. The summed E-state index contributed by atoms with van der Waals surface area (Å²) in [5.41, 5.74) is 0.291. The predicted octanol–water partition coefficient (Wildman–Crippen LogP) is 5.53. The third-order valence-electron chi connectivity index (χ3n) is 3.86. The molecule has 0 aliphatic rings. The van der Waals surface area contributed by atoms with Gasteiger partial charge in [0.2, 0.25) is 0 Å². The first kappa shape index (κ1) is 18.8. The Bertz CT molecular complexity index is 401. The van der Waals surface area contributed by atoms with Gasteiger partial charge in [-0.05, 0) is 38.2 Å². The Balaban J connectivity index is 2.10. The Hall–Kier alpha value is -1.22. The third-order valence-corrected chi connectivity index (χ3v) is 3.86. The Labute approximate surface area is 135 Å². The van der Waals surface area contributed by atoms with E-state index in [9.17, 15) is 5.11 Å². The molecule has 1 aromatic carbocycles. The van der Waals surface area contributed by atoms with E-state index in [1.165, 1.54) is 37.7 Å². The third kappa shape index (κ3) is 9.67. The topological polar surface area (TPSA) is 45.0 Å². The van der Waals surface area contributed by atoms with Crippen LogP contribution in [0, 0.1) is 0 Å². The van der Waals surface area contributed by atoms with Gasteiger partial charge in [0.25, 0.3) is 0 Å². The van der Waals surface area contributed by atoms with Crippen LogP contribution in [0.3, 0.4) is 0 Å². The van der Waals surface area contributed by atoms with E-state index in [0.29, 0.717) is 6.42 Å². The van der Waals surface area contributed by atoms with Crippen LogP contribution in [0.15, 0.2) is 40.6 Å². The van der Waals surface area contributed by atoms with Gasteiger partial charge in [-0.3, -0.25) is 0 Å². The lowest BCUT2D eigenvalue weighted by Crippen LogP contribution is -2.20. The fourth-order valence-electron chi connectivity index (χ4n) is 2.49. The maximum Gasteiger partial charge on any atom is 0.173 e. The van der Waals surface area contributed by atoms with Gasteiger partial charge in [0, 0.05) is 0 Å². The fourth-order valence-corrected chi connectivity index (χ4v) is 2.49. The van der Waals surface area contributed by atoms with Gasteiger partial charge in [-0.2, -0.15) is 10.2 Å². The van der Waals surface area contributed by atoms with E-state index < -0.39 is 5.72 Å². The first-order valence-corrected chi connectivity index (χ1v) is 8.79. The molecule has 0 heterocycles. The number of hydrogen-bond donors (Lipinski definition) is 1. The highest BCUT2D eigenvalue weighted by Gasteiger charge is 2.18. The number of aryl methyl sites for hydroxylation is 1. The molecule has 124 valence electrons. The lowest BCUT2D eigenvalue weighted by Gasteiger charge is -2.16. The summed E-state index contributed by atoms with van der Waals surface area (Å²) in [6.45, 7) is 4.72. The summed E-state index contributed by atoms with van der Waals surface area (Å²) in [6.07, 6.45) is 10.1. The van der Waals surface area contributed by atoms with E-state index in [4.69, 9.17) is 0 Å². The van der Waals surface area contributed by atoms with Crippen LogP contribution in [-0.4, -0.2) is 17.4 Å². The Morgan fingerprint density at radius 3 is 2.36 bits per heavy atom. The molecule has 0 saturated heterocycles. The Kier molecular flexibility index (Phi) is 9.72. The summed E-state index contributed by atoms with van der Waals surface area (Å²) in [4.78, 5) is 0. The van der Waals surface area contributed by atoms with Crippen LogP contribution in [0.25, 0.3) is 0 Å². The van der Waals surface area contributed by atoms with E-state index in [-0.39, 0.29) is 0 Å². The van der Waals surface area contributed by atoms with Gasteiger partial charge in [0.15, 0.2) is 5.72 Å². The van der Waals surface area contributed by atoms with E-state index in [1.807, 2.05) is 18.2 Å². The van der Waals surface area contributed by atoms with Crippen LogP contribution >= 0.6 is 0 Å². The molecular formula is C19H32N2O. The summed E-state index contributed by atoms with van der Waals surface area (Å²) < 4.78 is 0. The molecule has 1 atom stereocenters. The molecule has 0 aliphatic heterocycles. The van der Waals surface area contributed by atoms with Crippen molar-refractivity contribution in [3.05, 3.63) is 35.9 Å². The minimum atomic E-state index is -1.02. The van der Waals surface area contributed by atoms with Crippen molar-refractivity contribution in [2.75, 3.05) is 6.54 Å². The summed E-state index contributed by atoms with van der Waals surface area (Å²) >= 11 is 0. The minimum absolute atomic E-state index is 0.655. The van der Waals surface area contributed by atoms with Gasteiger partial charge in [0.05, 0.1) is 6.54 Å². The fraction of sp³-hybridized carbons (Fsp3) is 0.684. The average molecular weight is 304 g/mol. The molecule has 1 aromatic rings. The zero-order chi connectivity index (χ0) is 16.1. The number of benzene rings is 1. The number of unbranched alkanes of at least 4 members (excludes halogenated alkanes) is 5. The second kappa shape index (κ2) is 11.4. The van der Waals surface area contributed by atoms with Crippen LogP contribution in [0.1, 0.15) is 70.8 Å². The van der Waals surface area contributed by atoms with Gasteiger partial charge in [-0.15, -0.1) is 0 Å². The number of nitrogens with zero attached hydrogens (tertiary/aromatic N) is 2. The Morgan fingerprint density at radius 2 is 1.64 bits per heavy atom. The molecule has 1 rings (SSSR count). The van der Waals surface area contributed by atoms with Crippen molar-refractivity contribution in [3.8, 4) is 0 Å². The minimum Gasteiger partial charge on any atom is -0.368 e. The molecule has 0 radical (unpaired) electrons. The average Bonchev–Trinajstić information content (AvgIpc) is 2.51. The van der Waals surface area contributed by atoms with Gasteiger partial charge < -0.3 is 5.11 Å². The van der Waals surface area contributed by atoms with Crippen LogP contribution < -0.4 is 0 Å². The van der Waals surface area contributed by atoms with Gasteiger partial charge >= 0.3 is 0 Å². The predicted molar refractivity (Wildman–Crippen MR) is 93.1 cm³/mol. The lowest BCUT2D eigenvalue weighted by atomic mass is 10.0. The summed E-state index contributed by atoms with van der Waals surface area (Å²) in [7, 11) is 0. The molecule has 3 heteroatoms. The van der Waals surface area contributed by atoms with E-state index in [0.717, 1.165) is 25.8 Å². The maximum atomic E-state index is 10.2. The molecule has 1 unspecified atom stereocenters. The Morgan fingerprint density at radius 1 is 0.955 bits per heavy atom. The maximum absolute atomic E-state index is 10.2. The molecule has 0 bridgehead atoms. The second-order valence-electron chi connectivity index (χ2n) is 6.29. The normalized spacial score (nSPS) is 14.3. The summed E-state index contributed by atoms with van der Waals surface area (Å²) in [5, 5.41) is 18.5. The largest absolute Gasteiger partial charge is 0.368 e. The summed E-state index contributed by atoms with van der Waals surface area (Å²) in [6, 6.07) is 10.4. The van der Waals surface area contributed by atoms with Crippen molar-refractivity contribution < 1.29 is 5.11 Å². The van der Waals surface area contributed by atoms with E-state index in [2.05, 4.69) is 29.3 Å². The highest BCUT2D eigenvalue weighted by atomic mass is 16.3. The van der Waals surface area contributed by atoms with Crippen molar-refractivity contribution in [1.29, 1.82) is 0 Å². The molecule has 22 heavy (non-hydrogen) atoms. The van der Waals surface area contributed by atoms with E-state index >= 15 is 0 Å². The lowest BCUT2D eigenvalue weighted by molar-refractivity contribution is 0.0499. The molecule has 3 nitrogen and oxygen atoms in total. The van der Waals surface area contributed by atoms with Crippen molar-refractivity contribution in [1.82, 2.24) is 0 Å². The highest BCUT2D eigenvalue weighted by molar-refractivity contribution is 5.14. The molecule has 0 spiro atoms. The number of rotatable bonds is 12. The zero-order valence-corrected chi connectivity index (χ0v) is 14.3. The highest BCUT2D eigenvalue weighted by Crippen LogP contribution is 2.17. The first-order valence-electron chi connectivity index (χ1n) is 8.79. The van der Waals surface area contributed by atoms with Crippen molar-refractivity contribution >= 4 is 0 Å². The van der Waals surface area contributed by atoms with Crippen molar-refractivity contribution in [2.45, 2.75) is 77.4 Å². The first-order chi connectivity index (χ1) is 10.6. The standard InChI is InChI=1S/C19H32N2O/c1-3-4-5-6-7-11-17-20-21-19(2,22)16-12-15-18-13-9-8-10-14-18/h8-10,13-14,22H,3-7,11-12,15-17H2,1-2H3. The number of azo groups is 1. The zero-order valence-electron chi connectivity index (χ0n) is 14.3. The van der Waals surface area contributed by atoms with Crippen LogP contribution in [0.2, 0.25) is 0 Å². The van der Waals surface area contributed by atoms with Crippen molar-refractivity contribution in [2.24, 2.45) is 10.2 Å². The van der Waals surface area contributed by atoms with Crippen LogP contribution in [-0.2, 0) is 6.42 Å². The van der Waals surface area contributed by atoms with Gasteiger partial charge in [0.1, 0.15) is 0 Å². The second-order valence-corrected chi connectivity index (χ2v) is 6.29. The molecular weight excluding hydrogens is 272 g/mol. The molecule has 0 saturated carbocycles. The quantitative estimate of drug-likeness (QED) is 0.400. The molecule has 1 N–H and O–H groups in total. The SMILES string of the molecule is CCCCCCCCN=NC(C)(O)CCCc1ccccc1. The number of aliphatic hydroxyl groups is 1. The van der Waals surface area contributed by atoms with Gasteiger partial charge in [-0.1, -0.05) is 69.4 Å². The van der Waals surface area contributed by atoms with Crippen molar-refractivity contribution in [3.63, 3.8) is 0 Å². The van der Waals surface area contributed by atoms with E-state index in [1.54, 1.807) is 6.92 Å².